The lowest BCUT2D eigenvalue weighted by Crippen LogP contribution is -1.95. The van der Waals surface area contributed by atoms with E-state index >= 15 is 0 Å². The van der Waals surface area contributed by atoms with Gasteiger partial charge in [-0.05, 0) is 13.8 Å². The summed E-state index contributed by atoms with van der Waals surface area (Å²) in [6, 6.07) is 0.419. The fraction of sp³-hybridized carbons (Fsp3) is 0.500. The molecular formula is C8H12N2O. The van der Waals surface area contributed by atoms with E-state index in [1.165, 1.54) is 0 Å². The summed E-state index contributed by atoms with van der Waals surface area (Å²) in [6.45, 7) is 4.15. The molecule has 3 nitrogen and oxygen atoms in total. The van der Waals surface area contributed by atoms with Crippen molar-refractivity contribution in [3.8, 4) is 0 Å². The van der Waals surface area contributed by atoms with Crippen LogP contribution in [0.2, 0.25) is 0 Å². The molecule has 0 aliphatic heterocycles. The Hall–Kier alpha value is -1.12. The van der Waals surface area contributed by atoms with Crippen molar-refractivity contribution in [2.24, 2.45) is 0 Å². The Labute approximate surface area is 66.1 Å². The van der Waals surface area contributed by atoms with Gasteiger partial charge in [0.15, 0.2) is 0 Å². The lowest BCUT2D eigenvalue weighted by molar-refractivity contribution is -0.107. The van der Waals surface area contributed by atoms with E-state index in [2.05, 4.69) is 18.8 Å². The predicted octanol–water partition coefficient (Wildman–Crippen LogP) is 1.21. The number of carbonyl (C=O) groups excluding carboxylic acids is 1. The molecule has 0 aliphatic rings. The Kier molecular flexibility index (Phi) is 2.41. The minimum atomic E-state index is 0.416. The van der Waals surface area contributed by atoms with Crippen molar-refractivity contribution in [1.29, 1.82) is 0 Å². The molecule has 0 bridgehead atoms. The molecule has 1 aromatic rings. The number of carbonyl (C=O) groups is 1. The summed E-state index contributed by atoms with van der Waals surface area (Å²) >= 11 is 0. The molecule has 0 saturated carbocycles. The van der Waals surface area contributed by atoms with E-state index < -0.39 is 0 Å². The molecular weight excluding hydrogens is 140 g/mol. The maximum Gasteiger partial charge on any atom is 0.125 e. The normalized spacial score (nSPS) is 10.5. The van der Waals surface area contributed by atoms with Crippen LogP contribution in [0.5, 0.6) is 0 Å². The van der Waals surface area contributed by atoms with Crippen LogP contribution >= 0.6 is 0 Å². The highest BCUT2D eigenvalue weighted by molar-refractivity contribution is 5.53. The molecule has 0 unspecified atom stereocenters. The SMILES string of the molecule is CC(C)n1cnc(CC=O)c1. The minimum Gasteiger partial charge on any atom is -0.335 e. The first kappa shape index (κ1) is 7.98. The molecule has 0 atom stereocenters. The van der Waals surface area contributed by atoms with Crippen molar-refractivity contribution in [3.63, 3.8) is 0 Å². The van der Waals surface area contributed by atoms with Crippen molar-refractivity contribution in [2.45, 2.75) is 26.3 Å². The lowest BCUT2D eigenvalue weighted by atomic mass is 10.3. The Bertz CT molecular complexity index is 240. The smallest absolute Gasteiger partial charge is 0.125 e. The second kappa shape index (κ2) is 3.32. The molecule has 0 aromatic carbocycles. The average molecular weight is 152 g/mol. The van der Waals surface area contributed by atoms with Gasteiger partial charge in [-0.15, -0.1) is 0 Å². The molecule has 1 aromatic heterocycles. The topological polar surface area (TPSA) is 34.9 Å². The fourth-order valence-corrected chi connectivity index (χ4v) is 0.853. The number of hydrogen-bond donors (Lipinski definition) is 0. The average Bonchev–Trinajstić information content (AvgIpc) is 2.37. The minimum absolute atomic E-state index is 0.416. The molecule has 0 fully saturated rings. The van der Waals surface area contributed by atoms with E-state index in [0.29, 0.717) is 12.5 Å². The van der Waals surface area contributed by atoms with Gasteiger partial charge in [-0.3, -0.25) is 0 Å². The molecule has 0 radical (unpaired) electrons. The van der Waals surface area contributed by atoms with Crippen LogP contribution in [0.3, 0.4) is 0 Å². The molecule has 3 heteroatoms. The first-order chi connectivity index (χ1) is 5.24. The van der Waals surface area contributed by atoms with Gasteiger partial charge in [0.25, 0.3) is 0 Å². The third-order valence-corrected chi connectivity index (χ3v) is 1.54. The largest absolute Gasteiger partial charge is 0.335 e. The predicted molar refractivity (Wildman–Crippen MR) is 42.4 cm³/mol. The van der Waals surface area contributed by atoms with Gasteiger partial charge in [0.2, 0.25) is 0 Å². The summed E-state index contributed by atoms with van der Waals surface area (Å²) in [5.41, 5.74) is 0.841. The second-order valence-corrected chi connectivity index (χ2v) is 2.78. The standard InChI is InChI=1S/C8H12N2O/c1-7(2)10-5-8(3-4-11)9-6-10/h4-7H,3H2,1-2H3. The first-order valence-corrected chi connectivity index (χ1v) is 3.70. The van der Waals surface area contributed by atoms with E-state index in [4.69, 9.17) is 0 Å². The van der Waals surface area contributed by atoms with Gasteiger partial charge in [-0.1, -0.05) is 0 Å². The number of rotatable bonds is 3. The van der Waals surface area contributed by atoms with Crippen LogP contribution in [-0.4, -0.2) is 15.8 Å². The van der Waals surface area contributed by atoms with E-state index in [-0.39, 0.29) is 0 Å². The third-order valence-electron chi connectivity index (χ3n) is 1.54. The fourth-order valence-electron chi connectivity index (χ4n) is 0.853. The molecule has 11 heavy (non-hydrogen) atoms. The summed E-state index contributed by atoms with van der Waals surface area (Å²) in [4.78, 5) is 14.2. The van der Waals surface area contributed by atoms with Gasteiger partial charge in [-0.25, -0.2) is 4.98 Å². The van der Waals surface area contributed by atoms with Gasteiger partial charge >= 0.3 is 0 Å². The summed E-state index contributed by atoms with van der Waals surface area (Å²) < 4.78 is 1.98. The van der Waals surface area contributed by atoms with Crippen LogP contribution in [0.15, 0.2) is 12.5 Å². The third kappa shape index (κ3) is 1.90. The summed E-state index contributed by atoms with van der Waals surface area (Å²) in [6.07, 6.45) is 4.94. The Morgan fingerprint density at radius 3 is 2.91 bits per heavy atom. The Morgan fingerprint density at radius 2 is 2.45 bits per heavy atom. The molecule has 0 aliphatic carbocycles. The summed E-state index contributed by atoms with van der Waals surface area (Å²) in [7, 11) is 0. The lowest BCUT2D eigenvalue weighted by Gasteiger charge is -2.03. The summed E-state index contributed by atoms with van der Waals surface area (Å²) in [5, 5.41) is 0. The zero-order valence-electron chi connectivity index (χ0n) is 6.82. The van der Waals surface area contributed by atoms with Gasteiger partial charge in [-0.2, -0.15) is 0 Å². The van der Waals surface area contributed by atoms with E-state index in [1.807, 2.05) is 10.8 Å². The van der Waals surface area contributed by atoms with Crippen molar-refractivity contribution >= 4 is 6.29 Å². The van der Waals surface area contributed by atoms with Crippen molar-refractivity contribution in [1.82, 2.24) is 9.55 Å². The van der Waals surface area contributed by atoms with Crippen molar-refractivity contribution < 1.29 is 4.79 Å². The zero-order valence-corrected chi connectivity index (χ0v) is 6.82. The van der Waals surface area contributed by atoms with E-state index in [0.717, 1.165) is 12.0 Å². The van der Waals surface area contributed by atoms with Gasteiger partial charge in [0.05, 0.1) is 12.0 Å². The molecule has 60 valence electrons. The first-order valence-electron chi connectivity index (χ1n) is 3.70. The molecule has 0 amide bonds. The zero-order chi connectivity index (χ0) is 8.27. The maximum absolute atomic E-state index is 10.1. The van der Waals surface area contributed by atoms with Crippen LogP contribution in [-0.2, 0) is 11.2 Å². The number of aromatic nitrogens is 2. The quantitative estimate of drug-likeness (QED) is 0.610. The van der Waals surface area contributed by atoms with E-state index in [1.54, 1.807) is 6.33 Å². The summed E-state index contributed by atoms with van der Waals surface area (Å²) in [5.74, 6) is 0. The number of hydrogen-bond acceptors (Lipinski definition) is 2. The van der Waals surface area contributed by atoms with Crippen molar-refractivity contribution in [2.75, 3.05) is 0 Å². The second-order valence-electron chi connectivity index (χ2n) is 2.78. The number of imidazole rings is 1. The number of nitrogens with zero attached hydrogens (tertiary/aromatic N) is 2. The molecule has 1 rings (SSSR count). The molecule has 1 heterocycles. The molecule has 0 saturated heterocycles. The van der Waals surface area contributed by atoms with Crippen LogP contribution < -0.4 is 0 Å². The molecule has 0 spiro atoms. The monoisotopic (exact) mass is 152 g/mol. The highest BCUT2D eigenvalue weighted by atomic mass is 16.1. The van der Waals surface area contributed by atoms with Crippen LogP contribution in [0.1, 0.15) is 25.6 Å². The van der Waals surface area contributed by atoms with Crippen LogP contribution in [0.25, 0.3) is 0 Å². The molecule has 0 N–H and O–H groups in total. The van der Waals surface area contributed by atoms with Gasteiger partial charge in [0, 0.05) is 18.7 Å². The number of aldehydes is 1. The van der Waals surface area contributed by atoms with Crippen LogP contribution in [0, 0.1) is 0 Å². The Morgan fingerprint density at radius 1 is 1.73 bits per heavy atom. The Balaban J connectivity index is 2.73. The highest BCUT2D eigenvalue weighted by Gasteiger charge is 1.99. The van der Waals surface area contributed by atoms with Crippen LogP contribution in [0.4, 0.5) is 0 Å². The van der Waals surface area contributed by atoms with Crippen molar-refractivity contribution in [3.05, 3.63) is 18.2 Å². The van der Waals surface area contributed by atoms with Gasteiger partial charge < -0.3 is 9.36 Å². The van der Waals surface area contributed by atoms with E-state index in [9.17, 15) is 4.79 Å². The maximum atomic E-state index is 10.1. The highest BCUT2D eigenvalue weighted by Crippen LogP contribution is 2.04. The van der Waals surface area contributed by atoms with Gasteiger partial charge in [0.1, 0.15) is 6.29 Å².